The van der Waals surface area contributed by atoms with Gasteiger partial charge in [-0.25, -0.2) is 9.37 Å². The molecule has 4 aromatic rings. The molecule has 0 bridgehead atoms. The van der Waals surface area contributed by atoms with Crippen LogP contribution in [-0.4, -0.2) is 14.5 Å². The van der Waals surface area contributed by atoms with Crippen molar-refractivity contribution in [1.29, 1.82) is 5.26 Å². The molecule has 0 unspecified atom stereocenters. The van der Waals surface area contributed by atoms with Crippen molar-refractivity contribution in [3.63, 3.8) is 0 Å². The molecule has 6 heteroatoms. The maximum Gasteiger partial charge on any atom is 0.263 e. The zero-order valence-electron chi connectivity index (χ0n) is 14.6. The van der Waals surface area contributed by atoms with E-state index in [0.29, 0.717) is 28.1 Å². The fraction of sp³-hybridized carbons (Fsp3) is 0. The predicted octanol–water partition coefficient (Wildman–Crippen LogP) is 3.97. The van der Waals surface area contributed by atoms with Gasteiger partial charge in [-0.15, -0.1) is 0 Å². The van der Waals surface area contributed by atoms with Crippen LogP contribution in [0.1, 0.15) is 5.69 Å². The lowest BCUT2D eigenvalue weighted by Gasteiger charge is -2.12. The molecule has 0 saturated carbocycles. The highest BCUT2D eigenvalue weighted by atomic mass is 19.1. The molecule has 0 aliphatic heterocycles. The maximum atomic E-state index is 13.3. The van der Waals surface area contributed by atoms with Gasteiger partial charge in [-0.05, 0) is 54.6 Å². The molecule has 0 radical (unpaired) electrons. The van der Waals surface area contributed by atoms with Gasteiger partial charge in [-0.3, -0.25) is 14.3 Å². The average molecular weight is 368 g/mol. The standard InChI is InChI=1S/C22H13FN4O/c23-16-6-8-17(9-7-16)27-14-15(20-5-1-2-10-25-20)12-19(22(27)28)18-4-3-11-26-21(18)13-24/h1-12,14H. The minimum absolute atomic E-state index is 0.156. The molecular formula is C22H13FN4O. The Labute approximate surface area is 160 Å². The Balaban J connectivity index is 2.03. The van der Waals surface area contributed by atoms with Crippen LogP contribution >= 0.6 is 0 Å². The molecular weight excluding hydrogens is 355 g/mol. The number of hydrogen-bond donors (Lipinski definition) is 0. The zero-order chi connectivity index (χ0) is 19.5. The maximum absolute atomic E-state index is 13.3. The van der Waals surface area contributed by atoms with Crippen molar-refractivity contribution in [3.8, 4) is 34.1 Å². The summed E-state index contributed by atoms with van der Waals surface area (Å²) >= 11 is 0. The molecule has 1 aromatic carbocycles. The fourth-order valence-electron chi connectivity index (χ4n) is 2.95. The van der Waals surface area contributed by atoms with Crippen LogP contribution in [0.25, 0.3) is 28.1 Å². The Morgan fingerprint density at radius 3 is 2.43 bits per heavy atom. The van der Waals surface area contributed by atoms with E-state index >= 15 is 0 Å². The molecule has 28 heavy (non-hydrogen) atoms. The van der Waals surface area contributed by atoms with Crippen molar-refractivity contribution in [1.82, 2.24) is 14.5 Å². The predicted molar refractivity (Wildman–Crippen MR) is 103 cm³/mol. The van der Waals surface area contributed by atoms with Gasteiger partial charge in [0.2, 0.25) is 0 Å². The highest BCUT2D eigenvalue weighted by Gasteiger charge is 2.15. The van der Waals surface area contributed by atoms with E-state index in [4.69, 9.17) is 0 Å². The lowest BCUT2D eigenvalue weighted by molar-refractivity contribution is 0.627. The summed E-state index contributed by atoms with van der Waals surface area (Å²) in [5.41, 5.74) is 2.43. The number of rotatable bonds is 3. The summed E-state index contributed by atoms with van der Waals surface area (Å²) < 4.78 is 14.8. The molecule has 5 nitrogen and oxygen atoms in total. The first-order valence-corrected chi connectivity index (χ1v) is 8.47. The summed E-state index contributed by atoms with van der Waals surface area (Å²) in [5.74, 6) is -0.392. The Morgan fingerprint density at radius 1 is 0.929 bits per heavy atom. The van der Waals surface area contributed by atoms with Gasteiger partial charge in [0.15, 0.2) is 0 Å². The Bertz CT molecular complexity index is 1240. The Kier molecular flexibility index (Phi) is 4.48. The third-order valence-electron chi connectivity index (χ3n) is 4.29. The molecule has 3 aromatic heterocycles. The fourth-order valence-corrected chi connectivity index (χ4v) is 2.95. The quantitative estimate of drug-likeness (QED) is 0.548. The average Bonchev–Trinajstić information content (AvgIpc) is 2.75. The summed E-state index contributed by atoms with van der Waals surface area (Å²) in [6.07, 6.45) is 4.82. The van der Waals surface area contributed by atoms with E-state index in [1.807, 2.05) is 18.2 Å². The van der Waals surface area contributed by atoms with E-state index < -0.39 is 5.82 Å². The van der Waals surface area contributed by atoms with Gasteiger partial charge in [0.25, 0.3) is 5.56 Å². The van der Waals surface area contributed by atoms with E-state index in [2.05, 4.69) is 9.97 Å². The minimum Gasteiger partial charge on any atom is -0.283 e. The lowest BCUT2D eigenvalue weighted by Crippen LogP contribution is -2.20. The summed E-state index contributed by atoms with van der Waals surface area (Å²) in [5, 5.41) is 9.40. The van der Waals surface area contributed by atoms with E-state index in [0.717, 1.165) is 0 Å². The number of benzene rings is 1. The summed E-state index contributed by atoms with van der Waals surface area (Å²) in [7, 11) is 0. The summed E-state index contributed by atoms with van der Waals surface area (Å²) in [6, 6.07) is 18.2. The Hall–Kier alpha value is -4.11. The number of halogens is 1. The van der Waals surface area contributed by atoms with Crippen LogP contribution in [0.3, 0.4) is 0 Å². The normalized spacial score (nSPS) is 10.4. The van der Waals surface area contributed by atoms with Gasteiger partial charge >= 0.3 is 0 Å². The molecule has 0 spiro atoms. The van der Waals surface area contributed by atoms with E-state index in [-0.39, 0.29) is 11.3 Å². The van der Waals surface area contributed by atoms with Crippen LogP contribution in [-0.2, 0) is 0 Å². The molecule has 0 N–H and O–H groups in total. The van der Waals surface area contributed by atoms with Crippen LogP contribution in [0.15, 0.2) is 84.0 Å². The molecule has 0 amide bonds. The largest absolute Gasteiger partial charge is 0.283 e. The third kappa shape index (κ3) is 3.17. The van der Waals surface area contributed by atoms with Crippen molar-refractivity contribution < 1.29 is 4.39 Å². The molecule has 3 heterocycles. The lowest BCUT2D eigenvalue weighted by atomic mass is 10.0. The number of hydrogen-bond acceptors (Lipinski definition) is 4. The number of nitriles is 1. The van der Waals surface area contributed by atoms with E-state index in [1.54, 1.807) is 36.7 Å². The van der Waals surface area contributed by atoms with Crippen molar-refractivity contribution in [2.75, 3.05) is 0 Å². The molecule has 134 valence electrons. The first-order valence-electron chi connectivity index (χ1n) is 8.47. The van der Waals surface area contributed by atoms with Gasteiger partial charge in [0, 0.05) is 35.4 Å². The second-order valence-electron chi connectivity index (χ2n) is 6.02. The highest BCUT2D eigenvalue weighted by Crippen LogP contribution is 2.25. The molecule has 0 saturated heterocycles. The molecule has 4 rings (SSSR count). The topological polar surface area (TPSA) is 71.6 Å². The third-order valence-corrected chi connectivity index (χ3v) is 4.29. The second kappa shape index (κ2) is 7.25. The van der Waals surface area contributed by atoms with Gasteiger partial charge in [0.1, 0.15) is 17.6 Å². The number of pyridine rings is 3. The van der Waals surface area contributed by atoms with Crippen LogP contribution in [0.4, 0.5) is 4.39 Å². The van der Waals surface area contributed by atoms with Crippen molar-refractivity contribution in [2.24, 2.45) is 0 Å². The van der Waals surface area contributed by atoms with Crippen LogP contribution < -0.4 is 5.56 Å². The van der Waals surface area contributed by atoms with Crippen LogP contribution in [0, 0.1) is 17.1 Å². The monoisotopic (exact) mass is 368 g/mol. The molecule has 0 aliphatic rings. The van der Waals surface area contributed by atoms with Crippen molar-refractivity contribution in [2.45, 2.75) is 0 Å². The minimum atomic E-state index is -0.392. The first-order chi connectivity index (χ1) is 13.7. The first kappa shape index (κ1) is 17.3. The zero-order valence-corrected chi connectivity index (χ0v) is 14.6. The molecule has 0 fully saturated rings. The van der Waals surface area contributed by atoms with E-state index in [1.165, 1.54) is 35.0 Å². The van der Waals surface area contributed by atoms with E-state index in [9.17, 15) is 14.4 Å². The highest BCUT2D eigenvalue weighted by molar-refractivity contribution is 5.73. The summed E-state index contributed by atoms with van der Waals surface area (Å²) in [6.45, 7) is 0. The van der Waals surface area contributed by atoms with Crippen molar-refractivity contribution >= 4 is 0 Å². The van der Waals surface area contributed by atoms with Gasteiger partial charge in [0.05, 0.1) is 11.3 Å². The second-order valence-corrected chi connectivity index (χ2v) is 6.02. The summed E-state index contributed by atoms with van der Waals surface area (Å²) in [4.78, 5) is 21.6. The number of aromatic nitrogens is 3. The molecule has 0 aliphatic carbocycles. The van der Waals surface area contributed by atoms with Crippen LogP contribution in [0.5, 0.6) is 0 Å². The van der Waals surface area contributed by atoms with Crippen LogP contribution in [0.2, 0.25) is 0 Å². The van der Waals surface area contributed by atoms with Gasteiger partial charge in [-0.1, -0.05) is 6.07 Å². The van der Waals surface area contributed by atoms with Gasteiger partial charge in [-0.2, -0.15) is 5.26 Å². The molecule has 0 atom stereocenters. The Morgan fingerprint density at radius 2 is 1.71 bits per heavy atom. The SMILES string of the molecule is N#Cc1ncccc1-c1cc(-c2ccccn2)cn(-c2ccc(F)cc2)c1=O. The van der Waals surface area contributed by atoms with Crippen molar-refractivity contribution in [3.05, 3.63) is 101 Å². The smallest absolute Gasteiger partial charge is 0.263 e. The number of nitrogens with zero attached hydrogens (tertiary/aromatic N) is 4. The van der Waals surface area contributed by atoms with Gasteiger partial charge < -0.3 is 0 Å².